The Morgan fingerprint density at radius 1 is 1.20 bits per heavy atom. The summed E-state index contributed by atoms with van der Waals surface area (Å²) in [6.07, 6.45) is 3.68. The summed E-state index contributed by atoms with van der Waals surface area (Å²) in [6, 6.07) is 0. The van der Waals surface area contributed by atoms with Crippen LogP contribution in [0.1, 0.15) is 19.3 Å². The zero-order valence-electron chi connectivity index (χ0n) is 13.4. The van der Waals surface area contributed by atoms with Crippen LogP contribution in [-0.4, -0.2) is 98.4 Å². The monoisotopic (exact) mass is 284 g/mol. The summed E-state index contributed by atoms with van der Waals surface area (Å²) in [7, 11) is 6.51. The van der Waals surface area contributed by atoms with Gasteiger partial charge in [-0.3, -0.25) is 4.90 Å². The van der Waals surface area contributed by atoms with Crippen molar-refractivity contribution in [3.63, 3.8) is 0 Å². The maximum atomic E-state index is 10.3. The summed E-state index contributed by atoms with van der Waals surface area (Å²) in [5.74, 6) is 0. The van der Waals surface area contributed by atoms with Gasteiger partial charge in [0.15, 0.2) is 0 Å². The third kappa shape index (κ3) is 4.15. The summed E-state index contributed by atoms with van der Waals surface area (Å²) < 4.78 is 0. The number of β-amino-alcohol motifs (C(OH)–C–C–N with tert-alkyl or cyclic N) is 1. The Morgan fingerprint density at radius 3 is 2.35 bits per heavy atom. The highest BCUT2D eigenvalue weighted by Crippen LogP contribution is 2.36. The van der Waals surface area contributed by atoms with E-state index in [1.54, 1.807) is 0 Å². The van der Waals surface area contributed by atoms with Gasteiger partial charge in [0.1, 0.15) is 0 Å². The molecule has 1 aliphatic carbocycles. The van der Waals surface area contributed by atoms with Gasteiger partial charge in [-0.1, -0.05) is 0 Å². The number of hydrogen-bond donors (Lipinski definition) is 2. The largest absolute Gasteiger partial charge is 0.390 e. The molecule has 118 valence electrons. The van der Waals surface area contributed by atoms with Crippen molar-refractivity contribution in [2.45, 2.75) is 30.9 Å². The summed E-state index contributed by atoms with van der Waals surface area (Å²) in [5.41, 5.74) is 0.351. The fraction of sp³-hybridized carbons (Fsp3) is 1.00. The van der Waals surface area contributed by atoms with Gasteiger partial charge < -0.3 is 20.2 Å². The number of piperazine rings is 1. The number of likely N-dealkylation sites (N-methyl/N-ethyl adjacent to an activating group) is 2. The Morgan fingerprint density at radius 2 is 1.85 bits per heavy atom. The predicted octanol–water partition coefficient (Wildman–Crippen LogP) is -0.331. The molecule has 1 unspecified atom stereocenters. The molecule has 1 atom stereocenters. The lowest BCUT2D eigenvalue weighted by molar-refractivity contribution is 0.00912. The lowest BCUT2D eigenvalue weighted by atomic mass is 9.75. The summed E-state index contributed by atoms with van der Waals surface area (Å²) in [4.78, 5) is 7.04. The summed E-state index contributed by atoms with van der Waals surface area (Å²) in [6.45, 7) is 6.86. The number of rotatable bonds is 7. The molecule has 0 aromatic carbocycles. The van der Waals surface area contributed by atoms with E-state index in [2.05, 4.69) is 41.2 Å². The highest BCUT2D eigenvalue weighted by Gasteiger charge is 2.39. The third-order valence-electron chi connectivity index (χ3n) is 5.00. The van der Waals surface area contributed by atoms with E-state index in [9.17, 15) is 5.11 Å². The van der Waals surface area contributed by atoms with Crippen LogP contribution >= 0.6 is 0 Å². The van der Waals surface area contributed by atoms with Gasteiger partial charge in [-0.05, 0) is 40.4 Å². The predicted molar refractivity (Wildman–Crippen MR) is 83.1 cm³/mol. The molecular formula is C15H32N4O. The van der Waals surface area contributed by atoms with E-state index in [-0.39, 0.29) is 6.10 Å². The van der Waals surface area contributed by atoms with Crippen LogP contribution in [0.5, 0.6) is 0 Å². The van der Waals surface area contributed by atoms with Gasteiger partial charge >= 0.3 is 0 Å². The maximum Gasteiger partial charge on any atom is 0.0793 e. The Kier molecular flexibility index (Phi) is 5.81. The van der Waals surface area contributed by atoms with Crippen molar-refractivity contribution < 1.29 is 5.11 Å². The first-order valence-electron chi connectivity index (χ1n) is 7.99. The van der Waals surface area contributed by atoms with Crippen LogP contribution in [0.3, 0.4) is 0 Å². The molecule has 1 saturated heterocycles. The van der Waals surface area contributed by atoms with E-state index in [1.165, 1.54) is 19.3 Å². The summed E-state index contributed by atoms with van der Waals surface area (Å²) >= 11 is 0. The molecule has 2 fully saturated rings. The number of nitrogens with one attached hydrogen (secondary N) is 1. The van der Waals surface area contributed by atoms with Crippen molar-refractivity contribution in [1.29, 1.82) is 0 Å². The minimum absolute atomic E-state index is 0.239. The highest BCUT2D eigenvalue weighted by atomic mass is 16.3. The second-order valence-corrected chi connectivity index (χ2v) is 6.87. The van der Waals surface area contributed by atoms with E-state index in [0.717, 1.165) is 45.8 Å². The van der Waals surface area contributed by atoms with Crippen molar-refractivity contribution >= 4 is 0 Å². The van der Waals surface area contributed by atoms with Crippen LogP contribution < -0.4 is 5.32 Å². The number of aliphatic hydroxyl groups is 1. The van der Waals surface area contributed by atoms with Crippen LogP contribution in [0.4, 0.5) is 0 Å². The van der Waals surface area contributed by atoms with E-state index < -0.39 is 0 Å². The second kappa shape index (κ2) is 7.18. The van der Waals surface area contributed by atoms with Crippen molar-refractivity contribution in [2.24, 2.45) is 0 Å². The normalized spacial score (nSPS) is 24.9. The van der Waals surface area contributed by atoms with Gasteiger partial charge in [-0.25, -0.2) is 0 Å². The smallest absolute Gasteiger partial charge is 0.0793 e. The van der Waals surface area contributed by atoms with Crippen LogP contribution in [0.25, 0.3) is 0 Å². The Hall–Kier alpha value is -0.200. The first-order chi connectivity index (χ1) is 9.52. The summed E-state index contributed by atoms with van der Waals surface area (Å²) in [5, 5.41) is 13.6. The molecule has 0 aromatic rings. The number of nitrogens with zero attached hydrogens (tertiary/aromatic N) is 3. The van der Waals surface area contributed by atoms with Crippen molar-refractivity contribution in [3.8, 4) is 0 Å². The zero-order chi connectivity index (χ0) is 14.6. The molecule has 20 heavy (non-hydrogen) atoms. The number of aliphatic hydroxyl groups excluding tert-OH is 1. The van der Waals surface area contributed by atoms with Gasteiger partial charge in [-0.15, -0.1) is 0 Å². The van der Waals surface area contributed by atoms with Gasteiger partial charge in [0.2, 0.25) is 0 Å². The highest BCUT2D eigenvalue weighted by molar-refractivity contribution is 4.98. The molecule has 5 heteroatoms. The van der Waals surface area contributed by atoms with E-state index in [4.69, 9.17) is 0 Å². The topological polar surface area (TPSA) is 42.0 Å². The molecule has 1 aliphatic heterocycles. The minimum atomic E-state index is -0.239. The van der Waals surface area contributed by atoms with E-state index in [0.29, 0.717) is 5.54 Å². The molecule has 0 amide bonds. The zero-order valence-corrected chi connectivity index (χ0v) is 13.4. The quantitative estimate of drug-likeness (QED) is 0.670. The van der Waals surface area contributed by atoms with Gasteiger partial charge in [-0.2, -0.15) is 0 Å². The molecule has 5 nitrogen and oxygen atoms in total. The molecule has 1 saturated carbocycles. The van der Waals surface area contributed by atoms with Crippen molar-refractivity contribution in [2.75, 3.05) is 67.0 Å². The van der Waals surface area contributed by atoms with Crippen LogP contribution in [-0.2, 0) is 0 Å². The van der Waals surface area contributed by atoms with E-state index in [1.807, 2.05) is 0 Å². The Bertz CT molecular complexity index is 288. The van der Waals surface area contributed by atoms with Gasteiger partial charge in [0.25, 0.3) is 0 Å². The number of hydrogen-bond acceptors (Lipinski definition) is 5. The van der Waals surface area contributed by atoms with Crippen molar-refractivity contribution in [3.05, 3.63) is 0 Å². The third-order valence-corrected chi connectivity index (χ3v) is 5.00. The average Bonchev–Trinajstić information content (AvgIpc) is 2.34. The fourth-order valence-corrected chi connectivity index (χ4v) is 3.51. The molecule has 2 aliphatic rings. The molecule has 2 rings (SSSR count). The molecular weight excluding hydrogens is 252 g/mol. The first-order valence-corrected chi connectivity index (χ1v) is 7.99. The average molecular weight is 284 g/mol. The van der Waals surface area contributed by atoms with Crippen molar-refractivity contribution in [1.82, 2.24) is 20.0 Å². The molecule has 0 aromatic heterocycles. The lowest BCUT2D eigenvalue weighted by Crippen LogP contribution is -2.57. The molecule has 1 heterocycles. The van der Waals surface area contributed by atoms with Crippen LogP contribution in [0.15, 0.2) is 0 Å². The molecule has 0 spiro atoms. The molecule has 0 radical (unpaired) electrons. The SMILES string of the molecule is CN(CC(O)CN1CCNCC1)CC1(N(C)C)CCC1. The standard InChI is InChI=1S/C15H32N4O/c1-17(2)15(5-4-6-15)13-18(3)11-14(20)12-19-9-7-16-8-10-19/h14,16,20H,4-13H2,1-3H3. The van der Waals surface area contributed by atoms with Gasteiger partial charge in [0.05, 0.1) is 6.10 Å². The van der Waals surface area contributed by atoms with Crippen LogP contribution in [0, 0.1) is 0 Å². The fourth-order valence-electron chi connectivity index (χ4n) is 3.51. The van der Waals surface area contributed by atoms with Crippen LogP contribution in [0.2, 0.25) is 0 Å². The second-order valence-electron chi connectivity index (χ2n) is 6.87. The lowest BCUT2D eigenvalue weighted by Gasteiger charge is -2.49. The Labute approximate surface area is 123 Å². The maximum absolute atomic E-state index is 10.3. The Balaban J connectivity index is 1.71. The molecule has 0 bridgehead atoms. The van der Waals surface area contributed by atoms with Gasteiger partial charge in [0, 0.05) is 51.4 Å². The molecule has 2 N–H and O–H groups in total. The first kappa shape index (κ1) is 16.2. The van der Waals surface area contributed by atoms with E-state index >= 15 is 0 Å². The minimum Gasteiger partial charge on any atom is -0.390 e.